The van der Waals surface area contributed by atoms with Crippen molar-refractivity contribution in [1.82, 2.24) is 25.4 Å². The van der Waals surface area contributed by atoms with Crippen molar-refractivity contribution in [3.05, 3.63) is 41.8 Å². The first-order valence-electron chi connectivity index (χ1n) is 6.21. The molecule has 0 unspecified atom stereocenters. The smallest absolute Gasteiger partial charge is 0.295 e. The number of nitrogens with one attached hydrogen (secondary N) is 2. The Bertz CT molecular complexity index is 778. The minimum atomic E-state index is -0.368. The van der Waals surface area contributed by atoms with Crippen LogP contribution in [0.4, 0.5) is 5.69 Å². The summed E-state index contributed by atoms with van der Waals surface area (Å²) >= 11 is 0. The molecule has 3 rings (SSSR count). The Balaban J connectivity index is 1.82. The number of nitrogens with zero attached hydrogens (tertiary/aromatic N) is 4. The van der Waals surface area contributed by atoms with Gasteiger partial charge in [-0.25, -0.2) is 4.98 Å². The lowest BCUT2D eigenvalue weighted by Crippen LogP contribution is -2.14. The normalized spacial score (nSPS) is 10.6. The third kappa shape index (κ3) is 2.64. The molecule has 0 bridgehead atoms. The van der Waals surface area contributed by atoms with Crippen LogP contribution in [0.15, 0.2) is 29.0 Å². The van der Waals surface area contributed by atoms with Crippen molar-refractivity contribution < 1.29 is 9.21 Å². The largest absolute Gasteiger partial charge is 0.423 e. The molecule has 106 valence electrons. The third-order valence-corrected chi connectivity index (χ3v) is 2.88. The van der Waals surface area contributed by atoms with E-state index in [0.29, 0.717) is 17.4 Å². The molecule has 0 aliphatic rings. The Labute approximate surface area is 119 Å². The van der Waals surface area contributed by atoms with Gasteiger partial charge >= 0.3 is 0 Å². The highest BCUT2D eigenvalue weighted by Crippen LogP contribution is 2.23. The van der Waals surface area contributed by atoms with Crippen LogP contribution in [-0.4, -0.2) is 31.3 Å². The van der Waals surface area contributed by atoms with Gasteiger partial charge in [0.15, 0.2) is 0 Å². The van der Waals surface area contributed by atoms with E-state index in [0.717, 1.165) is 11.1 Å². The summed E-state index contributed by atoms with van der Waals surface area (Å²) in [6, 6.07) is 5.41. The highest BCUT2D eigenvalue weighted by Gasteiger charge is 2.13. The standard InChI is InChI=1S/C13H12N6O2/c1-7-5-9(13-19-14-6-21-13)3-4-10(7)16-12(20)11-15-8(2)17-18-11/h3-6H,1-2H3,(H,16,20)(H,15,17,18). The molecule has 0 spiro atoms. The van der Waals surface area contributed by atoms with E-state index in [1.807, 2.05) is 13.0 Å². The number of aryl methyl sites for hydroxylation is 2. The molecular formula is C13H12N6O2. The lowest BCUT2D eigenvalue weighted by Gasteiger charge is -2.07. The molecule has 0 saturated heterocycles. The average molecular weight is 284 g/mol. The number of hydrogen-bond donors (Lipinski definition) is 2. The Morgan fingerprint density at radius 3 is 2.81 bits per heavy atom. The molecule has 0 aliphatic carbocycles. The first-order chi connectivity index (χ1) is 10.1. The number of aromatic amines is 1. The van der Waals surface area contributed by atoms with E-state index in [1.54, 1.807) is 19.1 Å². The third-order valence-electron chi connectivity index (χ3n) is 2.88. The van der Waals surface area contributed by atoms with E-state index in [1.165, 1.54) is 6.39 Å². The van der Waals surface area contributed by atoms with Gasteiger partial charge in [-0.2, -0.15) is 0 Å². The molecule has 0 saturated carbocycles. The number of hydrogen-bond acceptors (Lipinski definition) is 6. The van der Waals surface area contributed by atoms with Crippen LogP contribution in [0.1, 0.15) is 22.0 Å². The summed E-state index contributed by atoms with van der Waals surface area (Å²) in [7, 11) is 0. The predicted octanol–water partition coefficient (Wildman–Crippen LogP) is 1.72. The second-order valence-corrected chi connectivity index (χ2v) is 4.47. The minimum Gasteiger partial charge on any atom is -0.423 e. The first kappa shape index (κ1) is 13.0. The molecule has 0 radical (unpaired) electrons. The van der Waals surface area contributed by atoms with Gasteiger partial charge in [0.05, 0.1) is 0 Å². The Kier molecular flexibility index (Phi) is 3.19. The van der Waals surface area contributed by atoms with Crippen molar-refractivity contribution in [3.63, 3.8) is 0 Å². The fourth-order valence-electron chi connectivity index (χ4n) is 1.86. The van der Waals surface area contributed by atoms with Crippen LogP contribution in [0.3, 0.4) is 0 Å². The van der Waals surface area contributed by atoms with Gasteiger partial charge in [-0.05, 0) is 37.6 Å². The quantitative estimate of drug-likeness (QED) is 0.757. The summed E-state index contributed by atoms with van der Waals surface area (Å²) in [6.45, 7) is 3.60. The summed E-state index contributed by atoms with van der Waals surface area (Å²) in [6.07, 6.45) is 1.27. The van der Waals surface area contributed by atoms with Gasteiger partial charge in [0, 0.05) is 11.3 Å². The highest BCUT2D eigenvalue weighted by atomic mass is 16.4. The topological polar surface area (TPSA) is 110 Å². The van der Waals surface area contributed by atoms with Crippen molar-refractivity contribution in [3.8, 4) is 11.5 Å². The Morgan fingerprint density at radius 1 is 1.33 bits per heavy atom. The molecule has 0 fully saturated rings. The SMILES string of the molecule is Cc1nc(C(=O)Nc2ccc(-c3nnco3)cc2C)n[nH]1. The number of carbonyl (C=O) groups excluding carboxylic acids is 1. The van der Waals surface area contributed by atoms with Crippen molar-refractivity contribution in [1.29, 1.82) is 0 Å². The van der Waals surface area contributed by atoms with Crippen LogP contribution >= 0.6 is 0 Å². The molecule has 0 atom stereocenters. The van der Waals surface area contributed by atoms with Gasteiger partial charge in [0.25, 0.3) is 5.91 Å². The van der Waals surface area contributed by atoms with E-state index in [4.69, 9.17) is 4.42 Å². The number of H-pyrrole nitrogens is 1. The van der Waals surface area contributed by atoms with E-state index in [2.05, 4.69) is 30.7 Å². The monoisotopic (exact) mass is 284 g/mol. The number of amides is 1. The maximum Gasteiger partial charge on any atom is 0.295 e. The van der Waals surface area contributed by atoms with Crippen LogP contribution in [0.25, 0.3) is 11.5 Å². The maximum absolute atomic E-state index is 12.0. The lowest BCUT2D eigenvalue weighted by atomic mass is 10.1. The van der Waals surface area contributed by atoms with Gasteiger partial charge in [-0.3, -0.25) is 9.89 Å². The van der Waals surface area contributed by atoms with E-state index in [9.17, 15) is 4.79 Å². The molecule has 3 aromatic rings. The van der Waals surface area contributed by atoms with Gasteiger partial charge in [-0.1, -0.05) is 0 Å². The van der Waals surface area contributed by atoms with Crippen LogP contribution < -0.4 is 5.32 Å². The Hall–Kier alpha value is -3.03. The molecule has 2 N–H and O–H groups in total. The van der Waals surface area contributed by atoms with Gasteiger partial charge in [0.2, 0.25) is 18.1 Å². The van der Waals surface area contributed by atoms with E-state index < -0.39 is 0 Å². The number of carbonyl (C=O) groups is 1. The van der Waals surface area contributed by atoms with Crippen molar-refractivity contribution in [2.24, 2.45) is 0 Å². The maximum atomic E-state index is 12.0. The average Bonchev–Trinajstić information content (AvgIpc) is 3.12. The van der Waals surface area contributed by atoms with Crippen molar-refractivity contribution in [2.75, 3.05) is 5.32 Å². The van der Waals surface area contributed by atoms with Crippen LogP contribution in [0.2, 0.25) is 0 Å². The molecule has 21 heavy (non-hydrogen) atoms. The fourth-order valence-corrected chi connectivity index (χ4v) is 1.86. The summed E-state index contributed by atoms with van der Waals surface area (Å²) in [4.78, 5) is 16.0. The zero-order valence-electron chi connectivity index (χ0n) is 11.4. The summed E-state index contributed by atoms with van der Waals surface area (Å²) in [5.74, 6) is 0.755. The molecule has 2 aromatic heterocycles. The second-order valence-electron chi connectivity index (χ2n) is 4.47. The molecule has 8 heteroatoms. The molecule has 0 aliphatic heterocycles. The molecule has 8 nitrogen and oxygen atoms in total. The highest BCUT2D eigenvalue weighted by molar-refractivity contribution is 6.02. The first-order valence-corrected chi connectivity index (χ1v) is 6.21. The van der Waals surface area contributed by atoms with Crippen LogP contribution in [0.5, 0.6) is 0 Å². The molecule has 2 heterocycles. The van der Waals surface area contributed by atoms with Crippen molar-refractivity contribution >= 4 is 11.6 Å². The van der Waals surface area contributed by atoms with Gasteiger partial charge < -0.3 is 9.73 Å². The molecule has 1 aromatic carbocycles. The number of anilines is 1. The van der Waals surface area contributed by atoms with Gasteiger partial charge in [0.1, 0.15) is 5.82 Å². The fraction of sp³-hybridized carbons (Fsp3) is 0.154. The van der Waals surface area contributed by atoms with Crippen molar-refractivity contribution in [2.45, 2.75) is 13.8 Å². The molecule has 1 amide bonds. The lowest BCUT2D eigenvalue weighted by molar-refractivity contribution is 0.101. The van der Waals surface area contributed by atoms with Crippen LogP contribution in [-0.2, 0) is 0 Å². The number of benzene rings is 1. The summed E-state index contributed by atoms with van der Waals surface area (Å²) in [5.41, 5.74) is 2.33. The Morgan fingerprint density at radius 2 is 2.19 bits per heavy atom. The van der Waals surface area contributed by atoms with Crippen LogP contribution in [0, 0.1) is 13.8 Å². The van der Waals surface area contributed by atoms with E-state index in [-0.39, 0.29) is 11.7 Å². The van der Waals surface area contributed by atoms with Gasteiger partial charge in [-0.15, -0.1) is 15.3 Å². The number of rotatable bonds is 3. The second kappa shape index (κ2) is 5.16. The number of aromatic nitrogens is 5. The van der Waals surface area contributed by atoms with E-state index >= 15 is 0 Å². The minimum absolute atomic E-state index is 0.105. The predicted molar refractivity (Wildman–Crippen MR) is 73.5 cm³/mol. The zero-order chi connectivity index (χ0) is 14.8. The summed E-state index contributed by atoms with van der Waals surface area (Å²) < 4.78 is 5.13. The zero-order valence-corrected chi connectivity index (χ0v) is 11.4. The summed E-state index contributed by atoms with van der Waals surface area (Å²) in [5, 5.41) is 16.7. The molecular weight excluding hydrogens is 272 g/mol.